The first kappa shape index (κ1) is 22.2. The van der Waals surface area contributed by atoms with Crippen molar-refractivity contribution in [2.75, 3.05) is 42.3 Å². The number of halogens is 1. The molecule has 8 nitrogen and oxygen atoms in total. The largest absolute Gasteiger partial charge is 0.358 e. The number of anilines is 3. The maximum absolute atomic E-state index is 13.3. The fraction of sp³-hybridized carbons (Fsp3) is 0.364. The Morgan fingerprint density at radius 3 is 2.53 bits per heavy atom. The SMILES string of the molecule is CN(C)S(=O)(=O)c1ccc2c(c1)N(CC(=O)Nc1ccc(F)cc1)C(=O)[C@@H]1CCCCN21. The van der Waals surface area contributed by atoms with Crippen molar-refractivity contribution in [3.8, 4) is 0 Å². The van der Waals surface area contributed by atoms with Gasteiger partial charge in [0.2, 0.25) is 21.8 Å². The van der Waals surface area contributed by atoms with E-state index in [9.17, 15) is 22.4 Å². The van der Waals surface area contributed by atoms with Crippen LogP contribution in [0.5, 0.6) is 0 Å². The molecule has 2 amide bonds. The van der Waals surface area contributed by atoms with E-state index >= 15 is 0 Å². The maximum Gasteiger partial charge on any atom is 0.250 e. The average Bonchev–Trinajstić information content (AvgIpc) is 2.77. The second kappa shape index (κ2) is 8.51. The summed E-state index contributed by atoms with van der Waals surface area (Å²) in [4.78, 5) is 29.5. The molecule has 1 atom stereocenters. The van der Waals surface area contributed by atoms with Crippen LogP contribution in [0.2, 0.25) is 0 Å². The van der Waals surface area contributed by atoms with Gasteiger partial charge in [0.05, 0.1) is 16.3 Å². The molecule has 0 spiro atoms. The lowest BCUT2D eigenvalue weighted by Crippen LogP contribution is -2.56. The van der Waals surface area contributed by atoms with Crippen LogP contribution in [0.1, 0.15) is 19.3 Å². The Balaban J connectivity index is 1.70. The summed E-state index contributed by atoms with van der Waals surface area (Å²) in [5.41, 5.74) is 1.54. The van der Waals surface area contributed by atoms with E-state index in [0.717, 1.165) is 22.8 Å². The van der Waals surface area contributed by atoms with E-state index in [1.807, 2.05) is 4.90 Å². The molecule has 10 heteroatoms. The molecule has 2 aliphatic rings. The molecule has 0 bridgehead atoms. The normalized spacial score (nSPS) is 18.4. The van der Waals surface area contributed by atoms with Gasteiger partial charge in [-0.1, -0.05) is 0 Å². The number of carbonyl (C=O) groups is 2. The van der Waals surface area contributed by atoms with E-state index in [0.29, 0.717) is 24.3 Å². The Morgan fingerprint density at radius 1 is 1.12 bits per heavy atom. The van der Waals surface area contributed by atoms with Crippen molar-refractivity contribution in [3.05, 3.63) is 48.3 Å². The molecule has 2 aromatic carbocycles. The van der Waals surface area contributed by atoms with E-state index in [1.165, 1.54) is 55.4 Å². The molecule has 4 rings (SSSR count). The van der Waals surface area contributed by atoms with Crippen LogP contribution < -0.4 is 15.1 Å². The number of hydrogen-bond acceptors (Lipinski definition) is 5. The van der Waals surface area contributed by atoms with Crippen molar-refractivity contribution in [2.24, 2.45) is 0 Å². The van der Waals surface area contributed by atoms with Gasteiger partial charge in [-0.3, -0.25) is 14.5 Å². The number of nitrogens with one attached hydrogen (secondary N) is 1. The zero-order chi connectivity index (χ0) is 23.0. The number of sulfonamides is 1. The van der Waals surface area contributed by atoms with Gasteiger partial charge < -0.3 is 10.2 Å². The summed E-state index contributed by atoms with van der Waals surface area (Å²) < 4.78 is 39.6. The van der Waals surface area contributed by atoms with Crippen LogP contribution in [-0.2, 0) is 19.6 Å². The molecular formula is C22H25FN4O4S. The predicted octanol–water partition coefficient (Wildman–Crippen LogP) is 2.42. The third-order valence-corrected chi connectivity index (χ3v) is 7.62. The number of rotatable bonds is 5. The quantitative estimate of drug-likeness (QED) is 0.740. The summed E-state index contributed by atoms with van der Waals surface area (Å²) in [6.07, 6.45) is 2.52. The molecule has 1 fully saturated rings. The number of hydrogen-bond donors (Lipinski definition) is 1. The topological polar surface area (TPSA) is 90.0 Å². The molecular weight excluding hydrogens is 435 g/mol. The van der Waals surface area contributed by atoms with Gasteiger partial charge in [0.15, 0.2) is 0 Å². The number of piperidine rings is 1. The van der Waals surface area contributed by atoms with Crippen LogP contribution in [0.15, 0.2) is 47.4 Å². The van der Waals surface area contributed by atoms with Gasteiger partial charge in [0.25, 0.3) is 0 Å². The number of benzene rings is 2. The van der Waals surface area contributed by atoms with Gasteiger partial charge in [-0.15, -0.1) is 0 Å². The Kier molecular flexibility index (Phi) is 5.91. The lowest BCUT2D eigenvalue weighted by atomic mass is 9.96. The number of fused-ring (bicyclic) bond motifs is 3. The van der Waals surface area contributed by atoms with Crippen LogP contribution in [0, 0.1) is 5.82 Å². The molecule has 2 aliphatic heterocycles. The minimum absolute atomic E-state index is 0.0495. The molecule has 170 valence electrons. The van der Waals surface area contributed by atoms with E-state index in [2.05, 4.69) is 5.32 Å². The van der Waals surface area contributed by atoms with Crippen molar-refractivity contribution >= 4 is 38.9 Å². The lowest BCUT2D eigenvalue weighted by molar-refractivity contribution is -0.123. The minimum atomic E-state index is -3.72. The Labute approximate surface area is 186 Å². The highest BCUT2D eigenvalue weighted by molar-refractivity contribution is 7.89. The molecule has 32 heavy (non-hydrogen) atoms. The van der Waals surface area contributed by atoms with Crippen LogP contribution in [0.3, 0.4) is 0 Å². The van der Waals surface area contributed by atoms with Gasteiger partial charge in [-0.25, -0.2) is 17.1 Å². The number of amides is 2. The smallest absolute Gasteiger partial charge is 0.250 e. The van der Waals surface area contributed by atoms with Gasteiger partial charge in [-0.2, -0.15) is 0 Å². The van der Waals surface area contributed by atoms with Gasteiger partial charge in [-0.05, 0) is 61.7 Å². The van der Waals surface area contributed by atoms with Gasteiger partial charge in [0.1, 0.15) is 18.4 Å². The molecule has 0 radical (unpaired) electrons. The van der Waals surface area contributed by atoms with Crippen LogP contribution >= 0.6 is 0 Å². The zero-order valence-electron chi connectivity index (χ0n) is 17.9. The van der Waals surface area contributed by atoms with E-state index in [1.54, 1.807) is 6.07 Å². The van der Waals surface area contributed by atoms with Crippen molar-refractivity contribution in [1.82, 2.24) is 4.31 Å². The first-order valence-electron chi connectivity index (χ1n) is 10.4. The summed E-state index contributed by atoms with van der Waals surface area (Å²) in [5, 5.41) is 2.66. The summed E-state index contributed by atoms with van der Waals surface area (Å²) in [5.74, 6) is -1.11. The average molecular weight is 461 g/mol. The van der Waals surface area contributed by atoms with Crippen molar-refractivity contribution < 1.29 is 22.4 Å². The molecule has 1 saturated heterocycles. The van der Waals surface area contributed by atoms with Crippen molar-refractivity contribution in [1.29, 1.82) is 0 Å². The van der Waals surface area contributed by atoms with Crippen LogP contribution in [-0.4, -0.2) is 57.8 Å². The first-order valence-corrected chi connectivity index (χ1v) is 11.8. The highest BCUT2D eigenvalue weighted by Crippen LogP contribution is 2.40. The highest BCUT2D eigenvalue weighted by Gasteiger charge is 2.40. The minimum Gasteiger partial charge on any atom is -0.358 e. The molecule has 2 aromatic rings. The predicted molar refractivity (Wildman–Crippen MR) is 120 cm³/mol. The van der Waals surface area contributed by atoms with Crippen molar-refractivity contribution in [2.45, 2.75) is 30.2 Å². The number of carbonyl (C=O) groups excluding carboxylic acids is 2. The summed E-state index contributed by atoms with van der Waals surface area (Å²) in [7, 11) is -0.843. The van der Waals surface area contributed by atoms with E-state index < -0.39 is 21.7 Å². The fourth-order valence-electron chi connectivity index (χ4n) is 4.15. The lowest BCUT2D eigenvalue weighted by Gasteiger charge is -2.45. The monoisotopic (exact) mass is 460 g/mol. The van der Waals surface area contributed by atoms with Crippen LogP contribution in [0.25, 0.3) is 0 Å². The summed E-state index contributed by atoms with van der Waals surface area (Å²) >= 11 is 0. The third-order valence-electron chi connectivity index (χ3n) is 5.81. The fourth-order valence-corrected chi connectivity index (χ4v) is 5.07. The second-order valence-electron chi connectivity index (χ2n) is 8.12. The van der Waals surface area contributed by atoms with Gasteiger partial charge in [0, 0.05) is 26.3 Å². The standard InChI is InChI=1S/C22H25FN4O4S/c1-25(2)32(30,31)17-10-11-18-20(13-17)27(22(29)19-5-3-4-12-26(18)19)14-21(28)24-16-8-6-15(23)7-9-16/h6-11,13,19H,3-5,12,14H2,1-2H3,(H,24,28)/t19-/m0/s1. The third kappa shape index (κ3) is 4.07. The molecule has 0 unspecified atom stereocenters. The molecule has 0 aromatic heterocycles. The Hall–Kier alpha value is -2.98. The Bertz CT molecular complexity index is 1150. The molecule has 2 heterocycles. The highest BCUT2D eigenvalue weighted by atomic mass is 32.2. The molecule has 0 saturated carbocycles. The second-order valence-corrected chi connectivity index (χ2v) is 10.3. The van der Waals surface area contributed by atoms with Crippen molar-refractivity contribution in [3.63, 3.8) is 0 Å². The zero-order valence-corrected chi connectivity index (χ0v) is 18.7. The summed E-state index contributed by atoms with van der Waals surface area (Å²) in [6.45, 7) is 0.414. The maximum atomic E-state index is 13.3. The number of nitrogens with zero attached hydrogens (tertiary/aromatic N) is 3. The Morgan fingerprint density at radius 2 is 1.84 bits per heavy atom. The first-order chi connectivity index (χ1) is 15.2. The molecule has 0 aliphatic carbocycles. The summed E-state index contributed by atoms with van der Waals surface area (Å²) in [6, 6.07) is 9.65. The van der Waals surface area contributed by atoms with Crippen LogP contribution in [0.4, 0.5) is 21.5 Å². The van der Waals surface area contributed by atoms with E-state index in [4.69, 9.17) is 0 Å². The van der Waals surface area contributed by atoms with E-state index in [-0.39, 0.29) is 23.4 Å². The van der Waals surface area contributed by atoms with Gasteiger partial charge >= 0.3 is 0 Å². The molecule has 1 N–H and O–H groups in total.